The Bertz CT molecular complexity index is 500. The van der Waals surface area contributed by atoms with Crippen molar-refractivity contribution in [1.82, 2.24) is 0 Å². The third kappa shape index (κ3) is 3.90. The summed E-state index contributed by atoms with van der Waals surface area (Å²) >= 11 is 0. The van der Waals surface area contributed by atoms with Gasteiger partial charge in [-0.2, -0.15) is 0 Å². The van der Waals surface area contributed by atoms with Crippen LogP contribution in [0.5, 0.6) is 0 Å². The molecule has 0 aromatic carbocycles. The predicted molar refractivity (Wildman–Crippen MR) is 99.6 cm³/mol. The molecule has 2 aliphatic carbocycles. The van der Waals surface area contributed by atoms with Gasteiger partial charge in [0.2, 0.25) is 0 Å². The second-order valence-electron chi connectivity index (χ2n) is 8.63. The molecule has 0 N–H and O–H groups in total. The van der Waals surface area contributed by atoms with Crippen molar-refractivity contribution in [1.29, 1.82) is 0 Å². The Morgan fingerprint density at radius 3 is 1.33 bits per heavy atom. The lowest BCUT2D eigenvalue weighted by Gasteiger charge is -2.31. The molecule has 2 heteroatoms. The van der Waals surface area contributed by atoms with Gasteiger partial charge in [0.05, 0.1) is 0 Å². The highest BCUT2D eigenvalue weighted by Gasteiger charge is 2.34. The highest BCUT2D eigenvalue weighted by Crippen LogP contribution is 2.36. The van der Waals surface area contributed by atoms with Crippen molar-refractivity contribution in [2.24, 2.45) is 35.5 Å². The topological polar surface area (TPSA) is 34.1 Å². The summed E-state index contributed by atoms with van der Waals surface area (Å²) < 4.78 is 0. The lowest BCUT2D eigenvalue weighted by atomic mass is 9.72. The van der Waals surface area contributed by atoms with Crippen molar-refractivity contribution < 1.29 is 9.59 Å². The molecule has 24 heavy (non-hydrogen) atoms. The van der Waals surface area contributed by atoms with Gasteiger partial charge in [0.1, 0.15) is 0 Å². The average Bonchev–Trinajstić information content (AvgIpc) is 2.48. The second-order valence-corrected chi connectivity index (χ2v) is 8.63. The normalized spacial score (nSPS) is 35.5. The summed E-state index contributed by atoms with van der Waals surface area (Å²) in [7, 11) is 0. The number of allylic oxidation sites excluding steroid dienone is 4. The minimum atomic E-state index is 0.147. The van der Waals surface area contributed by atoms with E-state index in [-0.39, 0.29) is 11.8 Å². The first-order chi connectivity index (χ1) is 11.2. The van der Waals surface area contributed by atoms with Crippen molar-refractivity contribution in [2.75, 3.05) is 0 Å². The maximum absolute atomic E-state index is 12.8. The number of Topliss-reactive ketones (excluding diaryl/α,β-unsaturated/α-hetero) is 2. The molecule has 0 bridgehead atoms. The smallest absolute Gasteiger partial charge is 0.162 e. The molecule has 4 atom stereocenters. The molecular formula is C22H34O2. The van der Waals surface area contributed by atoms with E-state index >= 15 is 0 Å². The third-order valence-corrected chi connectivity index (χ3v) is 6.18. The first-order valence-corrected chi connectivity index (χ1v) is 9.74. The third-order valence-electron chi connectivity index (χ3n) is 6.18. The number of ketones is 2. The molecule has 0 amide bonds. The lowest BCUT2D eigenvalue weighted by molar-refractivity contribution is -0.123. The molecule has 0 radical (unpaired) electrons. The van der Waals surface area contributed by atoms with Gasteiger partial charge in [-0.05, 0) is 60.5 Å². The maximum atomic E-state index is 12.8. The predicted octanol–water partition coefficient (Wildman–Crippen LogP) is 5.38. The largest absolute Gasteiger partial charge is 0.294 e. The molecular weight excluding hydrogens is 296 g/mol. The summed E-state index contributed by atoms with van der Waals surface area (Å²) in [6.07, 6.45) is 8.10. The molecule has 134 valence electrons. The number of hydrogen-bond donors (Lipinski definition) is 0. The van der Waals surface area contributed by atoms with Crippen LogP contribution in [0.15, 0.2) is 23.3 Å². The van der Waals surface area contributed by atoms with Crippen molar-refractivity contribution in [2.45, 2.75) is 67.2 Å². The quantitative estimate of drug-likeness (QED) is 0.651. The first-order valence-electron chi connectivity index (χ1n) is 9.74. The van der Waals surface area contributed by atoms with Crippen LogP contribution in [0, 0.1) is 35.5 Å². The average molecular weight is 331 g/mol. The zero-order valence-electron chi connectivity index (χ0n) is 16.3. The van der Waals surface area contributed by atoms with Crippen molar-refractivity contribution in [3.63, 3.8) is 0 Å². The molecule has 0 aromatic rings. The Morgan fingerprint density at radius 1 is 0.708 bits per heavy atom. The van der Waals surface area contributed by atoms with Crippen LogP contribution < -0.4 is 0 Å². The molecule has 2 fully saturated rings. The van der Waals surface area contributed by atoms with Gasteiger partial charge >= 0.3 is 0 Å². The van der Waals surface area contributed by atoms with E-state index in [2.05, 4.69) is 41.5 Å². The zero-order valence-corrected chi connectivity index (χ0v) is 16.3. The van der Waals surface area contributed by atoms with E-state index in [1.807, 2.05) is 12.2 Å². The van der Waals surface area contributed by atoms with E-state index in [0.29, 0.717) is 35.2 Å². The van der Waals surface area contributed by atoms with Crippen LogP contribution in [-0.2, 0) is 9.59 Å². The fourth-order valence-corrected chi connectivity index (χ4v) is 4.29. The zero-order chi connectivity index (χ0) is 18.0. The maximum Gasteiger partial charge on any atom is 0.162 e. The fourth-order valence-electron chi connectivity index (χ4n) is 4.29. The van der Waals surface area contributed by atoms with Gasteiger partial charge in [0, 0.05) is 11.8 Å². The van der Waals surface area contributed by atoms with Gasteiger partial charge in [0.15, 0.2) is 11.6 Å². The van der Waals surface area contributed by atoms with Crippen LogP contribution in [-0.4, -0.2) is 11.6 Å². The summed E-state index contributed by atoms with van der Waals surface area (Å²) in [5.41, 5.74) is 1.86. The van der Waals surface area contributed by atoms with Crippen LogP contribution in [0.4, 0.5) is 0 Å². The van der Waals surface area contributed by atoms with Gasteiger partial charge in [-0.1, -0.05) is 53.7 Å². The Balaban J connectivity index is 2.29. The molecule has 0 aliphatic heterocycles. The van der Waals surface area contributed by atoms with Gasteiger partial charge < -0.3 is 0 Å². The second kappa shape index (κ2) is 7.80. The molecule has 0 spiro atoms. The molecule has 2 rings (SSSR count). The summed E-state index contributed by atoms with van der Waals surface area (Å²) in [6, 6.07) is 0. The van der Waals surface area contributed by atoms with Gasteiger partial charge in [-0.15, -0.1) is 0 Å². The summed E-state index contributed by atoms with van der Waals surface area (Å²) in [5.74, 6) is 2.29. The number of hydrogen-bond acceptors (Lipinski definition) is 2. The van der Waals surface area contributed by atoms with E-state index in [4.69, 9.17) is 0 Å². The molecule has 2 aliphatic rings. The van der Waals surface area contributed by atoms with Crippen LogP contribution in [0.1, 0.15) is 67.2 Å². The van der Waals surface area contributed by atoms with Crippen molar-refractivity contribution in [3.8, 4) is 0 Å². The molecule has 0 unspecified atom stereocenters. The molecule has 0 aromatic heterocycles. The minimum Gasteiger partial charge on any atom is -0.294 e. The van der Waals surface area contributed by atoms with E-state index in [1.165, 1.54) is 0 Å². The van der Waals surface area contributed by atoms with Gasteiger partial charge in [-0.25, -0.2) is 0 Å². The van der Waals surface area contributed by atoms with Gasteiger partial charge in [0.25, 0.3) is 0 Å². The Morgan fingerprint density at radius 2 is 1.04 bits per heavy atom. The molecule has 2 nitrogen and oxygen atoms in total. The van der Waals surface area contributed by atoms with E-state index in [1.54, 1.807) is 0 Å². The summed E-state index contributed by atoms with van der Waals surface area (Å²) in [4.78, 5) is 25.6. The molecule has 0 saturated heterocycles. The van der Waals surface area contributed by atoms with Crippen LogP contribution in [0.25, 0.3) is 0 Å². The van der Waals surface area contributed by atoms with Crippen molar-refractivity contribution in [3.05, 3.63) is 23.3 Å². The number of carbonyl (C=O) groups is 2. The number of carbonyl (C=O) groups excluding carboxylic acids is 2. The molecule has 2 saturated carbocycles. The first kappa shape index (κ1) is 19.1. The van der Waals surface area contributed by atoms with Crippen molar-refractivity contribution >= 4 is 11.6 Å². The Kier molecular flexibility index (Phi) is 6.22. The van der Waals surface area contributed by atoms with Crippen LogP contribution >= 0.6 is 0 Å². The summed E-state index contributed by atoms with van der Waals surface area (Å²) in [5, 5.41) is 0. The SMILES string of the molecule is CC(C)[C@@H]1CC[C@H](C)/C(=C\C=C2/C(=O)[C@@H](C(C)C)CC[C@H]2C)C1=O. The van der Waals surface area contributed by atoms with Crippen LogP contribution in [0.3, 0.4) is 0 Å². The van der Waals surface area contributed by atoms with E-state index in [0.717, 1.165) is 36.8 Å². The fraction of sp³-hybridized carbons (Fsp3) is 0.727. The highest BCUT2D eigenvalue weighted by atomic mass is 16.1. The standard InChI is InChI=1S/C22H34O2/c1-13(2)17-9-7-15(5)19(21(17)23)11-12-20-16(6)8-10-18(14(3)4)22(20)24/h11-18H,7-10H2,1-6H3/b19-11-,20-12+/t15-,16+,17-,18+/m1/s1. The Hall–Kier alpha value is -1.18. The van der Waals surface area contributed by atoms with E-state index in [9.17, 15) is 9.59 Å². The lowest BCUT2D eigenvalue weighted by Crippen LogP contribution is -2.31. The highest BCUT2D eigenvalue weighted by molar-refractivity contribution is 6.01. The van der Waals surface area contributed by atoms with Gasteiger partial charge in [-0.3, -0.25) is 9.59 Å². The molecule has 0 heterocycles. The Labute approximate surface area is 147 Å². The van der Waals surface area contributed by atoms with Crippen LogP contribution in [0.2, 0.25) is 0 Å². The monoisotopic (exact) mass is 330 g/mol. The number of rotatable bonds is 3. The minimum absolute atomic E-state index is 0.147. The summed E-state index contributed by atoms with van der Waals surface area (Å²) in [6.45, 7) is 12.8. The van der Waals surface area contributed by atoms with E-state index < -0.39 is 0 Å².